The summed E-state index contributed by atoms with van der Waals surface area (Å²) in [5.41, 5.74) is 4.88. The molecule has 1 saturated heterocycles. The summed E-state index contributed by atoms with van der Waals surface area (Å²) in [6.07, 6.45) is 6.36. The number of rotatable bonds is 6. The Bertz CT molecular complexity index is 697. The highest BCUT2D eigenvalue weighted by atomic mass is 16.3. The van der Waals surface area contributed by atoms with Crippen LogP contribution in [0.5, 0.6) is 0 Å². The number of carbonyl (C=O) groups excluding carboxylic acids is 3. The summed E-state index contributed by atoms with van der Waals surface area (Å²) in [4.78, 5) is 39.1. The minimum Gasteiger partial charge on any atom is -0.459 e. The van der Waals surface area contributed by atoms with Crippen molar-refractivity contribution in [2.24, 2.45) is 11.1 Å². The van der Waals surface area contributed by atoms with Crippen LogP contribution < -0.4 is 11.1 Å². The molecule has 4 N–H and O–H groups in total. The maximum atomic E-state index is 13.1. The summed E-state index contributed by atoms with van der Waals surface area (Å²) in [7, 11) is 0. The molecule has 2 aliphatic rings. The van der Waals surface area contributed by atoms with Gasteiger partial charge in [-0.25, -0.2) is 0 Å². The van der Waals surface area contributed by atoms with E-state index in [4.69, 9.17) is 10.2 Å². The Hall–Kier alpha value is -2.19. The lowest BCUT2D eigenvalue weighted by Crippen LogP contribution is -2.52. The van der Waals surface area contributed by atoms with Crippen LogP contribution in [-0.4, -0.2) is 53.0 Å². The van der Waals surface area contributed by atoms with E-state index in [0.717, 1.165) is 24.2 Å². The number of furan rings is 1. The number of nitrogens with zero attached hydrogens (tertiary/aromatic N) is 1. The van der Waals surface area contributed by atoms with Gasteiger partial charge in [-0.1, -0.05) is 12.8 Å². The molecule has 2 atom stereocenters. The van der Waals surface area contributed by atoms with Gasteiger partial charge in [-0.2, -0.15) is 0 Å². The Morgan fingerprint density at radius 1 is 1.32 bits per heavy atom. The smallest absolute Gasteiger partial charge is 0.296 e. The molecule has 28 heavy (non-hydrogen) atoms. The lowest BCUT2D eigenvalue weighted by molar-refractivity contribution is -0.130. The third-order valence-corrected chi connectivity index (χ3v) is 5.92. The lowest BCUT2D eigenvalue weighted by atomic mass is 9.80. The highest BCUT2D eigenvalue weighted by molar-refractivity contribution is 6.06. The molecule has 3 amide bonds. The fourth-order valence-electron chi connectivity index (χ4n) is 4.23. The number of carbonyl (C=O) groups is 3. The zero-order valence-corrected chi connectivity index (χ0v) is 15.9. The van der Waals surface area contributed by atoms with Crippen molar-refractivity contribution in [2.75, 3.05) is 13.1 Å². The summed E-state index contributed by atoms with van der Waals surface area (Å²) in [5, 5.41) is 13.6. The summed E-state index contributed by atoms with van der Waals surface area (Å²) >= 11 is 0. The number of primary amides is 1. The van der Waals surface area contributed by atoms with Gasteiger partial charge in [0.15, 0.2) is 5.76 Å². The maximum absolute atomic E-state index is 13.1. The molecule has 1 aliphatic carbocycles. The molecule has 1 aromatic heterocycles. The molecule has 0 spiro atoms. The van der Waals surface area contributed by atoms with Crippen LogP contribution in [0.15, 0.2) is 22.8 Å². The molecule has 2 heterocycles. The molecule has 1 radical (unpaired) electrons. The second kappa shape index (κ2) is 8.87. The van der Waals surface area contributed by atoms with Crippen LogP contribution in [0, 0.1) is 11.8 Å². The Labute approximate surface area is 164 Å². The molecule has 8 heteroatoms. The van der Waals surface area contributed by atoms with Crippen molar-refractivity contribution >= 4 is 17.7 Å². The minimum atomic E-state index is -0.879. The van der Waals surface area contributed by atoms with Gasteiger partial charge < -0.3 is 20.6 Å². The van der Waals surface area contributed by atoms with Crippen molar-refractivity contribution in [2.45, 2.75) is 57.1 Å². The van der Waals surface area contributed by atoms with E-state index in [1.165, 1.54) is 18.8 Å². The molecule has 3 rings (SSSR count). The molecular weight excluding hydrogens is 362 g/mol. The van der Waals surface area contributed by atoms with Gasteiger partial charge in [-0.05, 0) is 50.8 Å². The molecule has 2 fully saturated rings. The molecule has 8 nitrogen and oxygen atoms in total. The number of nitrogens with one attached hydrogen (secondary N) is 1. The Morgan fingerprint density at radius 3 is 2.71 bits per heavy atom. The molecule has 1 aromatic rings. The van der Waals surface area contributed by atoms with E-state index in [-0.39, 0.29) is 12.2 Å². The molecule has 0 bridgehead atoms. The van der Waals surface area contributed by atoms with E-state index in [0.29, 0.717) is 32.4 Å². The normalized spacial score (nSPS) is 24.5. The Balaban J connectivity index is 1.80. The molecule has 153 valence electrons. The van der Waals surface area contributed by atoms with Crippen molar-refractivity contribution in [1.82, 2.24) is 10.2 Å². The van der Waals surface area contributed by atoms with Crippen molar-refractivity contribution < 1.29 is 23.9 Å². The zero-order valence-electron chi connectivity index (χ0n) is 15.9. The maximum Gasteiger partial charge on any atom is 0.296 e. The van der Waals surface area contributed by atoms with E-state index >= 15 is 0 Å². The highest BCUT2D eigenvalue weighted by Crippen LogP contribution is 2.41. The molecule has 1 saturated carbocycles. The van der Waals surface area contributed by atoms with Crippen LogP contribution in [0.3, 0.4) is 0 Å². The average Bonchev–Trinajstić information content (AvgIpc) is 3.33. The SMILES string of the molecule is NC(=O)C1(C[CH]C(=O)N(C(=O)c2ccco2)C2CCCNC[C@@H]2O)CCCC1. The summed E-state index contributed by atoms with van der Waals surface area (Å²) in [5.74, 6) is -1.48. The minimum absolute atomic E-state index is 0.0386. The van der Waals surface area contributed by atoms with Crippen molar-refractivity contribution in [3.8, 4) is 0 Å². The number of nitrogens with two attached hydrogens (primary N) is 1. The van der Waals surface area contributed by atoms with E-state index < -0.39 is 35.3 Å². The van der Waals surface area contributed by atoms with Crippen LogP contribution in [0.2, 0.25) is 0 Å². The van der Waals surface area contributed by atoms with Gasteiger partial charge in [0.05, 0.1) is 24.8 Å². The molecular formula is C20H28N3O5. The van der Waals surface area contributed by atoms with Gasteiger partial charge in [0.2, 0.25) is 11.8 Å². The van der Waals surface area contributed by atoms with E-state index in [9.17, 15) is 19.5 Å². The highest BCUT2D eigenvalue weighted by Gasteiger charge is 2.42. The monoisotopic (exact) mass is 390 g/mol. The van der Waals surface area contributed by atoms with Gasteiger partial charge in [0.1, 0.15) is 0 Å². The second-order valence-corrected chi connectivity index (χ2v) is 7.73. The fourth-order valence-corrected chi connectivity index (χ4v) is 4.23. The number of hydrogen-bond acceptors (Lipinski definition) is 6. The Kier molecular flexibility index (Phi) is 6.51. The first-order valence-electron chi connectivity index (χ1n) is 9.87. The van der Waals surface area contributed by atoms with E-state index in [2.05, 4.69) is 5.32 Å². The number of amides is 3. The first-order chi connectivity index (χ1) is 13.4. The van der Waals surface area contributed by atoms with Crippen molar-refractivity contribution in [3.63, 3.8) is 0 Å². The topological polar surface area (TPSA) is 126 Å². The number of aliphatic hydroxyl groups excluding tert-OH is 1. The van der Waals surface area contributed by atoms with Gasteiger partial charge in [0, 0.05) is 12.0 Å². The average molecular weight is 390 g/mol. The molecule has 0 aromatic carbocycles. The standard InChI is InChI=1S/C20H28N3O5/c21-19(27)20(8-1-2-9-20)10-7-17(25)23(18(26)16-6-4-12-28-16)14-5-3-11-22-13-15(14)24/h4,6-7,12,14-15,22,24H,1-3,5,8-11,13H2,(H2,21,27)/t14?,15-/m0/s1. The van der Waals surface area contributed by atoms with Crippen LogP contribution >= 0.6 is 0 Å². The third kappa shape index (κ3) is 4.28. The molecule has 1 unspecified atom stereocenters. The predicted octanol–water partition coefficient (Wildman–Crippen LogP) is 1.00. The van der Waals surface area contributed by atoms with Crippen LogP contribution in [0.25, 0.3) is 0 Å². The number of hydrogen-bond donors (Lipinski definition) is 3. The van der Waals surface area contributed by atoms with Gasteiger partial charge in [-0.3, -0.25) is 19.3 Å². The van der Waals surface area contributed by atoms with E-state index in [1.807, 2.05) is 0 Å². The molecule has 1 aliphatic heterocycles. The second-order valence-electron chi connectivity index (χ2n) is 7.73. The predicted molar refractivity (Wildman–Crippen MR) is 101 cm³/mol. The Morgan fingerprint density at radius 2 is 2.07 bits per heavy atom. The van der Waals surface area contributed by atoms with Gasteiger partial charge in [-0.15, -0.1) is 0 Å². The number of β-amino-alcohol motifs (C(OH)–C–C–N with tert-alkyl or cyclic N) is 1. The van der Waals surface area contributed by atoms with Crippen molar-refractivity contribution in [3.05, 3.63) is 30.6 Å². The van der Waals surface area contributed by atoms with Crippen LogP contribution in [0.1, 0.15) is 55.5 Å². The van der Waals surface area contributed by atoms with Gasteiger partial charge in [0.25, 0.3) is 5.91 Å². The quantitative estimate of drug-likeness (QED) is 0.665. The number of aliphatic hydroxyl groups is 1. The zero-order chi connectivity index (χ0) is 20.1. The largest absolute Gasteiger partial charge is 0.459 e. The first kappa shape index (κ1) is 20.5. The van der Waals surface area contributed by atoms with Crippen LogP contribution in [0.4, 0.5) is 0 Å². The fraction of sp³-hybridized carbons (Fsp3) is 0.600. The third-order valence-electron chi connectivity index (χ3n) is 5.92. The summed E-state index contributed by atoms with van der Waals surface area (Å²) in [6.45, 7) is 1.00. The first-order valence-corrected chi connectivity index (χ1v) is 9.87. The van der Waals surface area contributed by atoms with Crippen molar-refractivity contribution in [1.29, 1.82) is 0 Å². The number of imide groups is 1. The lowest BCUT2D eigenvalue weighted by Gasteiger charge is -2.33. The summed E-state index contributed by atoms with van der Waals surface area (Å²) in [6, 6.07) is 2.40. The van der Waals surface area contributed by atoms with Gasteiger partial charge >= 0.3 is 0 Å². The van der Waals surface area contributed by atoms with E-state index in [1.54, 1.807) is 6.07 Å². The van der Waals surface area contributed by atoms with Crippen LogP contribution in [-0.2, 0) is 9.59 Å². The summed E-state index contributed by atoms with van der Waals surface area (Å²) < 4.78 is 5.19.